The second-order valence-corrected chi connectivity index (χ2v) is 6.69. The van der Waals surface area contributed by atoms with E-state index in [-0.39, 0.29) is 24.7 Å². The molecular weight excluding hydrogens is 294 g/mol. The standard InChI is InChI=1S/C18H23NO2S/c1-2-3-4-5-12-22-18-10-6-15(7-11-18)19-13-16(20)8-9-17(21)14-19/h6-11H,2-5,12-14H2,1H3. The number of carbonyl (C=O) groups excluding carboxylic acids is 2. The molecule has 0 unspecified atom stereocenters. The summed E-state index contributed by atoms with van der Waals surface area (Å²) in [6.45, 7) is 2.76. The van der Waals surface area contributed by atoms with Crippen molar-refractivity contribution >= 4 is 29.0 Å². The molecule has 3 nitrogen and oxygen atoms in total. The molecule has 1 heterocycles. The van der Waals surface area contributed by atoms with Gasteiger partial charge in [0, 0.05) is 10.6 Å². The van der Waals surface area contributed by atoms with Gasteiger partial charge in [0.25, 0.3) is 0 Å². The van der Waals surface area contributed by atoms with Crippen LogP contribution in [0.3, 0.4) is 0 Å². The van der Waals surface area contributed by atoms with Crippen molar-refractivity contribution in [1.29, 1.82) is 0 Å². The van der Waals surface area contributed by atoms with Crippen LogP contribution < -0.4 is 4.90 Å². The number of ketones is 2. The minimum Gasteiger partial charge on any atom is -0.356 e. The third-order valence-corrected chi connectivity index (χ3v) is 4.72. The number of unbranched alkanes of at least 4 members (excludes halogenated alkanes) is 3. The summed E-state index contributed by atoms with van der Waals surface area (Å²) < 4.78 is 0. The summed E-state index contributed by atoms with van der Waals surface area (Å²) in [4.78, 5) is 26.3. The van der Waals surface area contributed by atoms with Crippen molar-refractivity contribution in [2.45, 2.75) is 37.5 Å². The smallest absolute Gasteiger partial charge is 0.175 e. The Morgan fingerprint density at radius 3 is 2.18 bits per heavy atom. The van der Waals surface area contributed by atoms with Crippen LogP contribution in [-0.4, -0.2) is 30.4 Å². The Hall–Kier alpha value is -1.55. The van der Waals surface area contributed by atoms with Gasteiger partial charge < -0.3 is 4.90 Å². The van der Waals surface area contributed by atoms with Gasteiger partial charge in [0.2, 0.25) is 0 Å². The summed E-state index contributed by atoms with van der Waals surface area (Å²) in [5, 5.41) is 0. The predicted molar refractivity (Wildman–Crippen MR) is 92.7 cm³/mol. The lowest BCUT2D eigenvalue weighted by molar-refractivity contribution is -0.114. The van der Waals surface area contributed by atoms with Gasteiger partial charge in [0.05, 0.1) is 13.1 Å². The molecule has 0 atom stereocenters. The molecule has 0 spiro atoms. The van der Waals surface area contributed by atoms with Crippen molar-refractivity contribution in [3.63, 3.8) is 0 Å². The minimum atomic E-state index is -0.0276. The SMILES string of the molecule is CCCCCCSc1ccc(N2CC(=O)C=CC(=O)C2)cc1. The molecule has 118 valence electrons. The third kappa shape index (κ3) is 5.34. The van der Waals surface area contributed by atoms with Crippen molar-refractivity contribution in [1.82, 2.24) is 0 Å². The Balaban J connectivity index is 1.88. The molecule has 2 rings (SSSR count). The zero-order valence-electron chi connectivity index (χ0n) is 13.1. The first kappa shape index (κ1) is 16.8. The van der Waals surface area contributed by atoms with E-state index in [1.165, 1.54) is 42.7 Å². The molecule has 1 aliphatic rings. The number of benzene rings is 1. The molecule has 1 aromatic rings. The summed E-state index contributed by atoms with van der Waals surface area (Å²) in [5.74, 6) is 1.09. The van der Waals surface area contributed by atoms with E-state index in [1.807, 2.05) is 28.8 Å². The number of nitrogens with zero attached hydrogens (tertiary/aromatic N) is 1. The fourth-order valence-electron chi connectivity index (χ4n) is 2.38. The first-order valence-corrected chi connectivity index (χ1v) is 8.89. The highest BCUT2D eigenvalue weighted by Gasteiger charge is 2.16. The lowest BCUT2D eigenvalue weighted by Crippen LogP contribution is -2.31. The first-order valence-electron chi connectivity index (χ1n) is 7.90. The maximum atomic E-state index is 11.6. The van der Waals surface area contributed by atoms with Crippen LogP contribution in [0.15, 0.2) is 41.3 Å². The highest BCUT2D eigenvalue weighted by atomic mass is 32.2. The van der Waals surface area contributed by atoms with Crippen molar-refractivity contribution in [2.24, 2.45) is 0 Å². The average molecular weight is 317 g/mol. The molecule has 0 radical (unpaired) electrons. The van der Waals surface area contributed by atoms with Gasteiger partial charge in [0.1, 0.15) is 0 Å². The molecule has 0 saturated heterocycles. The van der Waals surface area contributed by atoms with E-state index >= 15 is 0 Å². The summed E-state index contributed by atoms with van der Waals surface area (Å²) >= 11 is 1.87. The maximum absolute atomic E-state index is 11.6. The van der Waals surface area contributed by atoms with Crippen molar-refractivity contribution in [3.05, 3.63) is 36.4 Å². The third-order valence-electron chi connectivity index (χ3n) is 3.62. The summed E-state index contributed by atoms with van der Waals surface area (Å²) in [6.07, 6.45) is 7.88. The predicted octanol–water partition coefficient (Wildman–Crippen LogP) is 3.87. The van der Waals surface area contributed by atoms with E-state index < -0.39 is 0 Å². The van der Waals surface area contributed by atoms with E-state index in [9.17, 15) is 9.59 Å². The van der Waals surface area contributed by atoms with Crippen molar-refractivity contribution < 1.29 is 9.59 Å². The van der Waals surface area contributed by atoms with Gasteiger partial charge >= 0.3 is 0 Å². The Labute approximate surface area is 136 Å². The number of anilines is 1. The van der Waals surface area contributed by atoms with Crippen molar-refractivity contribution in [2.75, 3.05) is 23.7 Å². The van der Waals surface area contributed by atoms with Gasteiger partial charge in [-0.15, -0.1) is 11.8 Å². The molecule has 4 heteroatoms. The molecule has 0 fully saturated rings. The van der Waals surface area contributed by atoms with Gasteiger partial charge in [-0.1, -0.05) is 26.2 Å². The second-order valence-electron chi connectivity index (χ2n) is 5.53. The number of rotatable bonds is 7. The molecule has 1 aromatic carbocycles. The van der Waals surface area contributed by atoms with Gasteiger partial charge in [-0.3, -0.25) is 9.59 Å². The van der Waals surface area contributed by atoms with E-state index in [1.54, 1.807) is 0 Å². The number of hydrogen-bond donors (Lipinski definition) is 0. The molecule has 0 saturated carbocycles. The monoisotopic (exact) mass is 317 g/mol. The largest absolute Gasteiger partial charge is 0.356 e. The normalized spacial score (nSPS) is 15.2. The zero-order chi connectivity index (χ0) is 15.8. The van der Waals surface area contributed by atoms with Crippen LogP contribution >= 0.6 is 11.8 Å². The number of thioether (sulfide) groups is 1. The number of carbonyl (C=O) groups is 2. The highest BCUT2D eigenvalue weighted by Crippen LogP contribution is 2.24. The highest BCUT2D eigenvalue weighted by molar-refractivity contribution is 7.99. The van der Waals surface area contributed by atoms with Crippen LogP contribution in [0.1, 0.15) is 32.6 Å². The van der Waals surface area contributed by atoms with Crippen LogP contribution in [-0.2, 0) is 9.59 Å². The summed E-state index contributed by atoms with van der Waals surface area (Å²) in [7, 11) is 0. The summed E-state index contributed by atoms with van der Waals surface area (Å²) in [6, 6.07) is 8.15. The molecule has 22 heavy (non-hydrogen) atoms. The Morgan fingerprint density at radius 1 is 0.955 bits per heavy atom. The molecule has 0 N–H and O–H groups in total. The summed E-state index contributed by atoms with van der Waals surface area (Å²) in [5.41, 5.74) is 0.931. The Bertz CT molecular complexity index is 517. The molecule has 0 aliphatic carbocycles. The van der Waals surface area contributed by atoms with Crippen LogP contribution in [0.5, 0.6) is 0 Å². The zero-order valence-corrected chi connectivity index (χ0v) is 13.9. The van der Waals surface area contributed by atoms with Gasteiger partial charge in [-0.25, -0.2) is 0 Å². The minimum absolute atomic E-state index is 0.0276. The van der Waals surface area contributed by atoms with E-state index in [0.717, 1.165) is 11.4 Å². The number of hydrogen-bond acceptors (Lipinski definition) is 4. The lowest BCUT2D eigenvalue weighted by atomic mass is 10.2. The van der Waals surface area contributed by atoms with Crippen LogP contribution in [0.2, 0.25) is 0 Å². The average Bonchev–Trinajstić information content (AvgIpc) is 2.69. The van der Waals surface area contributed by atoms with E-state index in [2.05, 4.69) is 19.1 Å². The van der Waals surface area contributed by atoms with Crippen molar-refractivity contribution in [3.8, 4) is 0 Å². The van der Waals surface area contributed by atoms with Crippen LogP contribution in [0, 0.1) is 0 Å². The quantitative estimate of drug-likeness (QED) is 0.565. The van der Waals surface area contributed by atoms with Gasteiger partial charge in [0.15, 0.2) is 11.6 Å². The van der Waals surface area contributed by atoms with Gasteiger partial charge in [-0.2, -0.15) is 0 Å². The Kier molecular flexibility index (Phi) is 6.72. The topological polar surface area (TPSA) is 37.4 Å². The van der Waals surface area contributed by atoms with Crippen LogP contribution in [0.25, 0.3) is 0 Å². The molecule has 0 amide bonds. The van der Waals surface area contributed by atoms with E-state index in [4.69, 9.17) is 0 Å². The van der Waals surface area contributed by atoms with E-state index in [0.29, 0.717) is 0 Å². The lowest BCUT2D eigenvalue weighted by Gasteiger charge is -2.21. The molecule has 0 bridgehead atoms. The Morgan fingerprint density at radius 2 is 1.59 bits per heavy atom. The van der Waals surface area contributed by atoms with Gasteiger partial charge in [-0.05, 0) is 48.6 Å². The van der Waals surface area contributed by atoms with Crippen LogP contribution in [0.4, 0.5) is 5.69 Å². The molecular formula is C18H23NO2S. The fraction of sp³-hybridized carbons (Fsp3) is 0.444. The molecule has 1 aliphatic heterocycles. The molecule has 0 aromatic heterocycles. The maximum Gasteiger partial charge on any atom is 0.175 e. The fourth-order valence-corrected chi connectivity index (χ4v) is 3.29. The second kappa shape index (κ2) is 8.79. The first-order chi connectivity index (χ1) is 10.7.